The number of carbonyl (C=O) groups excluding carboxylic acids is 2. The Morgan fingerprint density at radius 2 is 1.41 bits per heavy atom. The van der Waals surface area contributed by atoms with Crippen LogP contribution in [0.25, 0.3) is 28.3 Å². The van der Waals surface area contributed by atoms with Crippen molar-refractivity contribution in [2.45, 2.75) is 6.61 Å². The number of amides is 3. The van der Waals surface area contributed by atoms with Crippen LogP contribution in [0, 0.1) is 0 Å². The molecule has 5 heteroatoms. The number of ether oxygens (including phenoxy) is 1. The van der Waals surface area contributed by atoms with Crippen LogP contribution in [0.3, 0.4) is 0 Å². The highest BCUT2D eigenvalue weighted by Crippen LogP contribution is 2.32. The summed E-state index contributed by atoms with van der Waals surface area (Å²) in [5.74, 6) is 0.306. The van der Waals surface area contributed by atoms with E-state index in [-0.39, 0.29) is 5.70 Å². The zero-order valence-corrected chi connectivity index (χ0v) is 18.3. The van der Waals surface area contributed by atoms with Crippen LogP contribution in [0.1, 0.15) is 11.1 Å². The van der Waals surface area contributed by atoms with Crippen LogP contribution in [-0.2, 0) is 11.4 Å². The van der Waals surface area contributed by atoms with Gasteiger partial charge in [-0.25, -0.2) is 4.79 Å². The molecule has 0 bridgehead atoms. The van der Waals surface area contributed by atoms with Gasteiger partial charge in [-0.3, -0.25) is 10.1 Å². The Balaban J connectivity index is 1.52. The molecule has 0 saturated carbocycles. The number of imide groups is 1. The minimum atomic E-state index is -0.520. The smallest absolute Gasteiger partial charge is 0.326 e. The Morgan fingerprint density at radius 1 is 0.676 bits per heavy atom. The monoisotopic (exact) mass is 446 g/mol. The molecule has 1 aliphatic heterocycles. The summed E-state index contributed by atoms with van der Waals surface area (Å²) in [5.41, 5.74) is 6.06. The molecule has 2 N–H and O–H groups in total. The molecule has 1 fully saturated rings. The number of rotatable bonds is 6. The molecule has 1 aliphatic rings. The molecule has 3 amide bonds. The van der Waals surface area contributed by atoms with Gasteiger partial charge in [-0.1, -0.05) is 84.9 Å². The van der Waals surface area contributed by atoms with E-state index in [0.717, 1.165) is 39.1 Å². The number of benzene rings is 4. The van der Waals surface area contributed by atoms with Crippen molar-refractivity contribution in [3.05, 3.63) is 120 Å². The first kappa shape index (κ1) is 21.2. The van der Waals surface area contributed by atoms with Crippen LogP contribution < -0.4 is 15.4 Å². The third-order valence-corrected chi connectivity index (χ3v) is 5.57. The van der Waals surface area contributed by atoms with E-state index in [2.05, 4.69) is 16.7 Å². The Kier molecular flexibility index (Phi) is 5.91. The number of urea groups is 1. The largest absolute Gasteiger partial charge is 0.489 e. The van der Waals surface area contributed by atoms with E-state index in [9.17, 15) is 9.59 Å². The molecule has 1 heterocycles. The third kappa shape index (κ3) is 4.74. The molecule has 1 saturated heterocycles. The van der Waals surface area contributed by atoms with Crippen molar-refractivity contribution < 1.29 is 14.3 Å². The van der Waals surface area contributed by atoms with Gasteiger partial charge in [0.1, 0.15) is 18.1 Å². The van der Waals surface area contributed by atoms with Gasteiger partial charge in [0.05, 0.1) is 0 Å². The number of hydrogen-bond donors (Lipinski definition) is 2. The van der Waals surface area contributed by atoms with Gasteiger partial charge in [-0.2, -0.15) is 0 Å². The summed E-state index contributed by atoms with van der Waals surface area (Å²) >= 11 is 0. The first-order valence-electron chi connectivity index (χ1n) is 11.0. The van der Waals surface area contributed by atoms with E-state index in [0.29, 0.717) is 6.61 Å². The minimum absolute atomic E-state index is 0.216. The van der Waals surface area contributed by atoms with Crippen molar-refractivity contribution in [3.8, 4) is 28.0 Å². The Morgan fingerprint density at radius 3 is 2.15 bits per heavy atom. The standard InChI is InChI=1S/C29H22N2O3/c32-28-27(30-29(33)31-28)18-24-16-22(21-10-5-2-6-11-21)14-15-26(24)23-12-7-13-25(17-23)34-19-20-8-3-1-4-9-20/h1-18H,19H2,(H2,30,31,32,33). The fraction of sp³-hybridized carbons (Fsp3) is 0.0345. The molecule has 0 radical (unpaired) electrons. The van der Waals surface area contributed by atoms with Crippen molar-refractivity contribution in [2.24, 2.45) is 0 Å². The van der Waals surface area contributed by atoms with E-state index >= 15 is 0 Å². The fourth-order valence-corrected chi connectivity index (χ4v) is 3.89. The van der Waals surface area contributed by atoms with Crippen molar-refractivity contribution in [1.29, 1.82) is 0 Å². The quantitative estimate of drug-likeness (QED) is 0.291. The van der Waals surface area contributed by atoms with E-state index in [1.54, 1.807) is 6.08 Å². The molecule has 5 rings (SSSR count). The summed E-state index contributed by atoms with van der Waals surface area (Å²) < 4.78 is 6.02. The average Bonchev–Trinajstić information content (AvgIpc) is 3.20. The zero-order chi connectivity index (χ0) is 23.3. The topological polar surface area (TPSA) is 67.4 Å². The lowest BCUT2D eigenvalue weighted by Crippen LogP contribution is -2.22. The summed E-state index contributed by atoms with van der Waals surface area (Å²) in [7, 11) is 0. The van der Waals surface area contributed by atoms with Gasteiger partial charge in [-0.15, -0.1) is 0 Å². The van der Waals surface area contributed by atoms with Gasteiger partial charge in [0.2, 0.25) is 0 Å². The van der Waals surface area contributed by atoms with Crippen LogP contribution >= 0.6 is 0 Å². The van der Waals surface area contributed by atoms with Gasteiger partial charge in [0, 0.05) is 0 Å². The maximum Gasteiger partial charge on any atom is 0.326 e. The fourth-order valence-electron chi connectivity index (χ4n) is 3.89. The molecule has 34 heavy (non-hydrogen) atoms. The normalized spacial score (nSPS) is 14.1. The van der Waals surface area contributed by atoms with E-state index in [1.165, 1.54) is 0 Å². The maximum atomic E-state index is 12.2. The molecule has 0 atom stereocenters. The van der Waals surface area contributed by atoms with Crippen LogP contribution in [0.5, 0.6) is 5.75 Å². The molecule has 0 spiro atoms. The molecule has 0 aromatic heterocycles. The lowest BCUT2D eigenvalue weighted by atomic mass is 9.94. The molecular weight excluding hydrogens is 424 g/mol. The number of hydrogen-bond acceptors (Lipinski definition) is 3. The van der Waals surface area contributed by atoms with Crippen LogP contribution in [0.4, 0.5) is 4.79 Å². The highest BCUT2D eigenvalue weighted by molar-refractivity contribution is 6.14. The molecule has 5 nitrogen and oxygen atoms in total. The highest BCUT2D eigenvalue weighted by Gasteiger charge is 2.23. The predicted octanol–water partition coefficient (Wildman–Crippen LogP) is 5.78. The molecule has 0 aliphatic carbocycles. The first-order chi connectivity index (χ1) is 16.7. The van der Waals surface area contributed by atoms with Crippen LogP contribution in [0.15, 0.2) is 109 Å². The molecule has 0 unspecified atom stereocenters. The van der Waals surface area contributed by atoms with Crippen molar-refractivity contribution >= 4 is 18.0 Å². The molecule has 166 valence electrons. The van der Waals surface area contributed by atoms with Crippen molar-refractivity contribution in [3.63, 3.8) is 0 Å². The predicted molar refractivity (Wildman–Crippen MR) is 133 cm³/mol. The van der Waals surface area contributed by atoms with Gasteiger partial charge in [-0.05, 0) is 57.7 Å². The second-order valence-corrected chi connectivity index (χ2v) is 7.94. The molecular formula is C29H22N2O3. The lowest BCUT2D eigenvalue weighted by Gasteiger charge is -2.13. The SMILES string of the molecule is O=C1NC(=O)C(=Cc2cc(-c3ccccc3)ccc2-c2cccc(OCc3ccccc3)c2)N1. The second-order valence-electron chi connectivity index (χ2n) is 7.94. The third-order valence-electron chi connectivity index (χ3n) is 5.57. The van der Waals surface area contributed by atoms with Gasteiger partial charge >= 0.3 is 6.03 Å². The number of carbonyl (C=O) groups is 2. The van der Waals surface area contributed by atoms with Gasteiger partial charge < -0.3 is 10.1 Å². The van der Waals surface area contributed by atoms with Crippen LogP contribution in [0.2, 0.25) is 0 Å². The summed E-state index contributed by atoms with van der Waals surface area (Å²) in [4.78, 5) is 23.8. The Labute approximate surface area is 197 Å². The van der Waals surface area contributed by atoms with Gasteiger partial charge in [0.25, 0.3) is 5.91 Å². The van der Waals surface area contributed by atoms with E-state index < -0.39 is 11.9 Å². The molecule has 4 aromatic rings. The maximum absolute atomic E-state index is 12.2. The lowest BCUT2D eigenvalue weighted by molar-refractivity contribution is -0.115. The first-order valence-corrected chi connectivity index (χ1v) is 11.0. The van der Waals surface area contributed by atoms with E-state index in [1.807, 2.05) is 97.1 Å². The Bertz CT molecular complexity index is 1380. The van der Waals surface area contributed by atoms with Crippen LogP contribution in [-0.4, -0.2) is 11.9 Å². The highest BCUT2D eigenvalue weighted by atomic mass is 16.5. The van der Waals surface area contributed by atoms with Crippen molar-refractivity contribution in [1.82, 2.24) is 10.6 Å². The number of nitrogens with one attached hydrogen (secondary N) is 2. The van der Waals surface area contributed by atoms with Gasteiger partial charge in [0.15, 0.2) is 0 Å². The van der Waals surface area contributed by atoms with E-state index in [4.69, 9.17) is 4.74 Å². The zero-order valence-electron chi connectivity index (χ0n) is 18.3. The average molecular weight is 447 g/mol. The minimum Gasteiger partial charge on any atom is -0.489 e. The summed E-state index contributed by atoms with van der Waals surface area (Å²) in [6.45, 7) is 0.473. The summed E-state index contributed by atoms with van der Waals surface area (Å²) in [5, 5.41) is 4.83. The second kappa shape index (κ2) is 9.46. The summed E-state index contributed by atoms with van der Waals surface area (Å²) in [6.07, 6.45) is 1.71. The van der Waals surface area contributed by atoms with Crippen molar-refractivity contribution in [2.75, 3.05) is 0 Å². The Hall–Kier alpha value is -4.64. The molecule has 4 aromatic carbocycles. The summed E-state index contributed by atoms with van der Waals surface area (Å²) in [6, 6.07) is 33.5.